The molecule has 0 saturated carbocycles. The fourth-order valence-corrected chi connectivity index (χ4v) is 2.47. The van der Waals surface area contributed by atoms with Gasteiger partial charge in [-0.25, -0.2) is 4.98 Å². The molecule has 0 bridgehead atoms. The van der Waals surface area contributed by atoms with E-state index in [9.17, 15) is 5.11 Å². The number of hydrogen-bond donors (Lipinski definition) is 3. The third kappa shape index (κ3) is 2.70. The maximum atomic E-state index is 9.97. The molecule has 1 aromatic carbocycles. The summed E-state index contributed by atoms with van der Waals surface area (Å²) in [7, 11) is 0. The van der Waals surface area contributed by atoms with E-state index < -0.39 is 5.60 Å². The topological polar surface area (TPSA) is 112 Å². The Morgan fingerprint density at radius 1 is 1.33 bits per heavy atom. The van der Waals surface area contributed by atoms with Crippen LogP contribution in [-0.2, 0) is 0 Å². The Labute approximate surface area is 137 Å². The fraction of sp³-hybridized carbons (Fsp3) is 0.267. The number of nitrogens with one attached hydrogen (secondary N) is 2. The van der Waals surface area contributed by atoms with Crippen molar-refractivity contribution in [3.8, 4) is 23.0 Å². The predicted octanol–water partition coefficient (Wildman–Crippen LogP) is 1.81. The molecule has 4 rings (SSSR count). The van der Waals surface area contributed by atoms with Crippen LogP contribution in [0, 0.1) is 0 Å². The first-order valence-electron chi connectivity index (χ1n) is 7.38. The number of aliphatic hydroxyl groups is 1. The second kappa shape index (κ2) is 5.32. The van der Waals surface area contributed by atoms with Crippen LogP contribution in [0.5, 0.6) is 0 Å². The Kier molecular flexibility index (Phi) is 3.25. The highest BCUT2D eigenvalue weighted by atomic mass is 16.5. The molecule has 0 spiro atoms. The Hall–Kier alpha value is -2.91. The lowest BCUT2D eigenvalue weighted by Gasteiger charge is -2.26. The molecule has 0 unspecified atom stereocenters. The molecule has 9 heteroatoms. The summed E-state index contributed by atoms with van der Waals surface area (Å²) in [5, 5.41) is 15.7. The average molecular weight is 328 g/mol. The highest BCUT2D eigenvalue weighted by Gasteiger charge is 2.25. The van der Waals surface area contributed by atoms with Gasteiger partial charge in [0.15, 0.2) is 6.39 Å². The van der Waals surface area contributed by atoms with E-state index in [4.69, 9.17) is 8.94 Å². The van der Waals surface area contributed by atoms with Gasteiger partial charge >= 0.3 is 0 Å². The van der Waals surface area contributed by atoms with Crippen molar-refractivity contribution >= 4 is 11.4 Å². The molecule has 3 aromatic rings. The van der Waals surface area contributed by atoms with Gasteiger partial charge in [-0.1, -0.05) is 5.16 Å². The second-order valence-corrected chi connectivity index (χ2v) is 6.16. The van der Waals surface area contributed by atoms with E-state index >= 15 is 0 Å². The van der Waals surface area contributed by atoms with Crippen LogP contribution in [0.1, 0.15) is 13.8 Å². The van der Waals surface area contributed by atoms with Crippen molar-refractivity contribution in [1.82, 2.24) is 20.7 Å². The molecule has 3 heterocycles. The normalized spacial score (nSPS) is 13.9. The van der Waals surface area contributed by atoms with Gasteiger partial charge in [0.05, 0.1) is 23.5 Å². The standard InChI is InChI=1S/C15H16N6O3/c1-15(2,22)7-21-12-4-3-9(5-10(12)18-20-21)14-17-13(19-24-14)11-6-23-8-16-11/h3-6,8,18,20,22H,7H2,1-2H3. The maximum absolute atomic E-state index is 9.97. The molecule has 0 atom stereocenters. The molecule has 0 aliphatic carbocycles. The minimum absolute atomic E-state index is 0.369. The highest BCUT2D eigenvalue weighted by molar-refractivity contribution is 5.78. The fourth-order valence-electron chi connectivity index (χ4n) is 2.47. The van der Waals surface area contributed by atoms with Crippen LogP contribution >= 0.6 is 0 Å². The molecule has 0 radical (unpaired) electrons. The lowest BCUT2D eigenvalue weighted by Crippen LogP contribution is -2.45. The first-order valence-corrected chi connectivity index (χ1v) is 7.38. The van der Waals surface area contributed by atoms with Gasteiger partial charge in [0.25, 0.3) is 5.89 Å². The largest absolute Gasteiger partial charge is 0.451 e. The Bertz CT molecular complexity index is 852. The number of hydrogen-bond acceptors (Lipinski definition) is 9. The predicted molar refractivity (Wildman–Crippen MR) is 85.6 cm³/mol. The van der Waals surface area contributed by atoms with Gasteiger partial charge in [0, 0.05) is 5.56 Å². The number of hydrazine groups is 2. The van der Waals surface area contributed by atoms with Crippen LogP contribution in [0.3, 0.4) is 0 Å². The first kappa shape index (κ1) is 14.7. The summed E-state index contributed by atoms with van der Waals surface area (Å²) in [5.41, 5.74) is 8.34. The van der Waals surface area contributed by atoms with Crippen LogP contribution in [0.2, 0.25) is 0 Å². The Balaban J connectivity index is 1.61. The average Bonchev–Trinajstić information content (AvgIpc) is 3.26. The number of anilines is 2. The molecule has 3 N–H and O–H groups in total. The summed E-state index contributed by atoms with van der Waals surface area (Å²) < 4.78 is 10.2. The van der Waals surface area contributed by atoms with Crippen molar-refractivity contribution in [2.75, 3.05) is 17.0 Å². The van der Waals surface area contributed by atoms with E-state index in [-0.39, 0.29) is 0 Å². The number of rotatable bonds is 4. The van der Waals surface area contributed by atoms with E-state index in [1.807, 2.05) is 23.2 Å². The quantitative estimate of drug-likeness (QED) is 0.660. The number of fused-ring (bicyclic) bond motifs is 1. The monoisotopic (exact) mass is 328 g/mol. The summed E-state index contributed by atoms with van der Waals surface area (Å²) >= 11 is 0. The second-order valence-electron chi connectivity index (χ2n) is 6.16. The van der Waals surface area contributed by atoms with Crippen LogP contribution in [0.4, 0.5) is 11.4 Å². The SMILES string of the molecule is CC(C)(O)CN1NNc2cc(-c3nc(-c4cocn4)no3)ccc21. The molecule has 1 aliphatic rings. The van der Waals surface area contributed by atoms with Crippen molar-refractivity contribution in [3.63, 3.8) is 0 Å². The molecule has 9 nitrogen and oxygen atoms in total. The zero-order chi connectivity index (χ0) is 16.7. The molecule has 0 fully saturated rings. The summed E-state index contributed by atoms with van der Waals surface area (Å²) in [6.45, 7) is 3.94. The molecule has 0 saturated heterocycles. The lowest BCUT2D eigenvalue weighted by atomic mass is 10.1. The number of benzene rings is 1. The van der Waals surface area contributed by atoms with Crippen LogP contribution in [0.15, 0.2) is 39.8 Å². The molecular formula is C15H16N6O3. The minimum Gasteiger partial charge on any atom is -0.451 e. The van der Waals surface area contributed by atoms with Gasteiger partial charge in [-0.05, 0) is 32.0 Å². The van der Waals surface area contributed by atoms with E-state index in [2.05, 4.69) is 26.1 Å². The summed E-state index contributed by atoms with van der Waals surface area (Å²) in [6, 6.07) is 5.70. The van der Waals surface area contributed by atoms with Crippen molar-refractivity contribution in [2.45, 2.75) is 19.4 Å². The van der Waals surface area contributed by atoms with Crippen LogP contribution in [0.25, 0.3) is 23.0 Å². The van der Waals surface area contributed by atoms with E-state index in [0.717, 1.165) is 16.9 Å². The summed E-state index contributed by atoms with van der Waals surface area (Å²) in [4.78, 5) is 8.32. The van der Waals surface area contributed by atoms with Crippen LogP contribution < -0.4 is 16.0 Å². The third-order valence-electron chi connectivity index (χ3n) is 3.49. The van der Waals surface area contributed by atoms with Gasteiger partial charge < -0.3 is 19.5 Å². The van der Waals surface area contributed by atoms with Crippen molar-refractivity contribution in [1.29, 1.82) is 0 Å². The smallest absolute Gasteiger partial charge is 0.258 e. The highest BCUT2D eigenvalue weighted by Crippen LogP contribution is 2.34. The zero-order valence-electron chi connectivity index (χ0n) is 13.1. The van der Waals surface area contributed by atoms with Gasteiger partial charge in [-0.2, -0.15) is 4.98 Å². The zero-order valence-corrected chi connectivity index (χ0v) is 13.1. The summed E-state index contributed by atoms with van der Waals surface area (Å²) in [6.07, 6.45) is 2.77. The number of oxazole rings is 1. The lowest BCUT2D eigenvalue weighted by molar-refractivity contribution is 0.0858. The van der Waals surface area contributed by atoms with E-state index in [1.165, 1.54) is 12.7 Å². The first-order chi connectivity index (χ1) is 11.5. The maximum Gasteiger partial charge on any atom is 0.258 e. The Morgan fingerprint density at radius 2 is 2.21 bits per heavy atom. The number of nitrogens with zero attached hydrogens (tertiary/aromatic N) is 4. The van der Waals surface area contributed by atoms with Gasteiger partial charge in [-0.15, -0.1) is 5.53 Å². The Morgan fingerprint density at radius 3 is 2.96 bits per heavy atom. The van der Waals surface area contributed by atoms with Crippen molar-refractivity contribution < 1.29 is 14.0 Å². The van der Waals surface area contributed by atoms with E-state index in [0.29, 0.717) is 24.0 Å². The molecule has 2 aromatic heterocycles. The van der Waals surface area contributed by atoms with Crippen molar-refractivity contribution in [3.05, 3.63) is 30.9 Å². The number of aromatic nitrogens is 3. The van der Waals surface area contributed by atoms with Gasteiger partial charge in [0.1, 0.15) is 12.0 Å². The third-order valence-corrected chi connectivity index (χ3v) is 3.49. The van der Waals surface area contributed by atoms with E-state index in [1.54, 1.807) is 13.8 Å². The molecule has 124 valence electrons. The van der Waals surface area contributed by atoms with Crippen molar-refractivity contribution in [2.24, 2.45) is 0 Å². The van der Waals surface area contributed by atoms with Gasteiger partial charge in [0.2, 0.25) is 5.82 Å². The molecule has 1 aliphatic heterocycles. The number of β-amino-alcohol motifs (C(OH)–C–C–N with tert-alkyl or cyclic N) is 1. The molecular weight excluding hydrogens is 312 g/mol. The molecule has 24 heavy (non-hydrogen) atoms. The molecule has 0 amide bonds. The summed E-state index contributed by atoms with van der Waals surface area (Å²) in [5.74, 6) is 0.757. The minimum atomic E-state index is -0.825. The van der Waals surface area contributed by atoms with Gasteiger partial charge in [-0.3, -0.25) is 5.01 Å². The van der Waals surface area contributed by atoms with Crippen LogP contribution in [-0.4, -0.2) is 32.4 Å².